The molecule has 0 saturated heterocycles. The van der Waals surface area contributed by atoms with Gasteiger partial charge in [0.05, 0.1) is 6.04 Å². The summed E-state index contributed by atoms with van der Waals surface area (Å²) in [6.45, 7) is 3.87. The lowest BCUT2D eigenvalue weighted by Gasteiger charge is -2.26. The number of hydrogen-bond acceptors (Lipinski definition) is 6. The molecular formula is C32H44N8O5. The van der Waals surface area contributed by atoms with Gasteiger partial charge in [0.15, 0.2) is 5.96 Å². The van der Waals surface area contributed by atoms with Crippen molar-refractivity contribution in [3.63, 3.8) is 0 Å². The number of hydrogen-bond donors (Lipinski definition) is 8. The van der Waals surface area contributed by atoms with E-state index < -0.39 is 47.9 Å². The highest BCUT2D eigenvalue weighted by molar-refractivity contribution is 5.95. The minimum atomic E-state index is -1.17. The Hall–Kier alpha value is -4.91. The van der Waals surface area contributed by atoms with E-state index in [2.05, 4.69) is 25.9 Å². The largest absolute Gasteiger partial charge is 0.480 e. The molecule has 1 aromatic heterocycles. The van der Waals surface area contributed by atoms with Gasteiger partial charge >= 0.3 is 5.97 Å². The van der Waals surface area contributed by atoms with Gasteiger partial charge in [-0.05, 0) is 36.0 Å². The van der Waals surface area contributed by atoms with Crippen molar-refractivity contribution in [3.05, 3.63) is 71.9 Å². The Morgan fingerprint density at radius 1 is 0.889 bits per heavy atom. The van der Waals surface area contributed by atoms with Crippen LogP contribution in [0.25, 0.3) is 10.9 Å². The summed E-state index contributed by atoms with van der Waals surface area (Å²) in [6.07, 6.45) is 3.21. The lowest BCUT2D eigenvalue weighted by Crippen LogP contribution is -2.58. The first-order valence-corrected chi connectivity index (χ1v) is 15.0. The summed E-state index contributed by atoms with van der Waals surface area (Å²) in [5.74, 6) is -3.39. The molecule has 5 unspecified atom stereocenters. The van der Waals surface area contributed by atoms with Gasteiger partial charge in [0.2, 0.25) is 17.7 Å². The molecule has 13 nitrogen and oxygen atoms in total. The fourth-order valence-corrected chi connectivity index (χ4v) is 4.93. The zero-order valence-electron chi connectivity index (χ0n) is 25.7. The molecule has 0 aliphatic rings. The monoisotopic (exact) mass is 620 g/mol. The van der Waals surface area contributed by atoms with Crippen LogP contribution in [0.4, 0.5) is 0 Å². The van der Waals surface area contributed by atoms with Crippen molar-refractivity contribution >= 4 is 40.6 Å². The molecule has 1 heterocycles. The number of aromatic nitrogens is 1. The smallest absolute Gasteiger partial charge is 0.326 e. The number of amides is 3. The van der Waals surface area contributed by atoms with Gasteiger partial charge in [-0.2, -0.15) is 0 Å². The van der Waals surface area contributed by atoms with E-state index in [0.29, 0.717) is 19.4 Å². The second kappa shape index (κ2) is 16.8. The lowest BCUT2D eigenvalue weighted by molar-refractivity contribution is -0.143. The fourth-order valence-electron chi connectivity index (χ4n) is 4.93. The maximum Gasteiger partial charge on any atom is 0.326 e. The van der Waals surface area contributed by atoms with E-state index in [-0.39, 0.29) is 31.1 Å². The van der Waals surface area contributed by atoms with Crippen LogP contribution in [0.3, 0.4) is 0 Å². The number of carbonyl (C=O) groups is 4. The van der Waals surface area contributed by atoms with E-state index in [9.17, 15) is 24.3 Å². The maximum absolute atomic E-state index is 13.8. The number of aromatic amines is 1. The van der Waals surface area contributed by atoms with Crippen molar-refractivity contribution in [3.8, 4) is 0 Å². The molecule has 45 heavy (non-hydrogen) atoms. The molecule has 0 spiro atoms. The second-order valence-electron chi connectivity index (χ2n) is 11.1. The zero-order valence-corrected chi connectivity index (χ0v) is 25.7. The predicted octanol–water partition coefficient (Wildman–Crippen LogP) is 0.919. The van der Waals surface area contributed by atoms with E-state index in [0.717, 1.165) is 22.0 Å². The summed E-state index contributed by atoms with van der Waals surface area (Å²) < 4.78 is 0. The van der Waals surface area contributed by atoms with Crippen molar-refractivity contribution in [2.75, 3.05) is 6.54 Å². The number of guanidine groups is 1. The van der Waals surface area contributed by atoms with Crippen LogP contribution in [-0.2, 0) is 32.0 Å². The SMILES string of the molecule is CCC(C)C(NC(=O)C(Cc1c[nH]c2ccccc12)NC(=O)C(Cc1ccccc1)NC(=O)C(N)CCCN=C(N)N)C(=O)O. The number of rotatable bonds is 17. The van der Waals surface area contributed by atoms with E-state index in [4.69, 9.17) is 17.2 Å². The summed E-state index contributed by atoms with van der Waals surface area (Å²) in [4.78, 5) is 59.6. The first-order chi connectivity index (χ1) is 21.5. The number of benzene rings is 2. The quantitative estimate of drug-likeness (QED) is 0.0613. The van der Waals surface area contributed by atoms with Crippen LogP contribution in [0.15, 0.2) is 65.8 Å². The third-order valence-electron chi connectivity index (χ3n) is 7.73. The number of carbonyl (C=O) groups excluding carboxylic acids is 3. The Balaban J connectivity index is 1.86. The van der Waals surface area contributed by atoms with Crippen LogP contribution in [-0.4, -0.2) is 70.5 Å². The minimum absolute atomic E-state index is 0.0577. The van der Waals surface area contributed by atoms with Crippen LogP contribution in [0.1, 0.15) is 44.2 Å². The van der Waals surface area contributed by atoms with Crippen LogP contribution in [0.2, 0.25) is 0 Å². The topological polar surface area (TPSA) is 231 Å². The highest BCUT2D eigenvalue weighted by Gasteiger charge is 2.32. The molecule has 3 aromatic rings. The van der Waals surface area contributed by atoms with Gasteiger partial charge in [-0.1, -0.05) is 68.8 Å². The van der Waals surface area contributed by atoms with Crippen molar-refractivity contribution in [2.45, 2.75) is 70.1 Å². The average molecular weight is 621 g/mol. The highest BCUT2D eigenvalue weighted by atomic mass is 16.4. The van der Waals surface area contributed by atoms with Gasteiger partial charge in [-0.15, -0.1) is 0 Å². The molecule has 0 saturated carbocycles. The normalized spacial score (nSPS) is 14.4. The van der Waals surface area contributed by atoms with Gasteiger partial charge in [-0.3, -0.25) is 19.4 Å². The van der Waals surface area contributed by atoms with Crippen molar-refractivity contribution < 1.29 is 24.3 Å². The molecule has 11 N–H and O–H groups in total. The molecule has 5 atom stereocenters. The van der Waals surface area contributed by atoms with Crippen LogP contribution < -0.4 is 33.2 Å². The van der Waals surface area contributed by atoms with Crippen LogP contribution >= 0.6 is 0 Å². The third kappa shape index (κ3) is 10.3. The molecule has 242 valence electrons. The van der Waals surface area contributed by atoms with Crippen LogP contribution in [0.5, 0.6) is 0 Å². The molecule has 3 rings (SSSR count). The molecule has 2 aromatic carbocycles. The number of carboxylic acids is 1. The molecule has 3 amide bonds. The number of para-hydroxylation sites is 1. The molecule has 0 aliphatic heterocycles. The molecular weight excluding hydrogens is 576 g/mol. The summed E-state index contributed by atoms with van der Waals surface area (Å²) in [5, 5.41) is 18.8. The number of nitrogens with two attached hydrogens (primary N) is 3. The summed E-state index contributed by atoms with van der Waals surface area (Å²) >= 11 is 0. The first kappa shape index (κ1) is 34.6. The fraction of sp³-hybridized carbons (Fsp3) is 0.406. The molecule has 0 fully saturated rings. The van der Waals surface area contributed by atoms with Gasteiger partial charge < -0.3 is 43.2 Å². The van der Waals surface area contributed by atoms with Gasteiger partial charge in [-0.25, -0.2) is 4.79 Å². The lowest BCUT2D eigenvalue weighted by atomic mass is 9.97. The third-order valence-corrected chi connectivity index (χ3v) is 7.73. The van der Waals surface area contributed by atoms with Gasteiger partial charge in [0, 0.05) is 36.5 Å². The van der Waals surface area contributed by atoms with E-state index in [1.807, 2.05) is 61.5 Å². The van der Waals surface area contributed by atoms with Gasteiger partial charge in [0.25, 0.3) is 0 Å². The predicted molar refractivity (Wildman–Crippen MR) is 173 cm³/mol. The van der Waals surface area contributed by atoms with E-state index in [1.54, 1.807) is 13.1 Å². The molecule has 0 bridgehead atoms. The number of aliphatic imine (C=N–C) groups is 1. The summed E-state index contributed by atoms with van der Waals surface area (Å²) in [7, 11) is 0. The van der Waals surface area contributed by atoms with Crippen molar-refractivity contribution in [2.24, 2.45) is 28.1 Å². The minimum Gasteiger partial charge on any atom is -0.480 e. The Labute approximate surface area is 262 Å². The Kier molecular flexibility index (Phi) is 12.9. The number of nitrogens with zero attached hydrogens (tertiary/aromatic N) is 1. The standard InChI is InChI=1S/C32H44N8O5/c1-3-19(2)27(31(44)45)40-30(43)26(17-21-18-37-24-14-8-7-12-22(21)24)39-29(42)25(16-20-10-5-4-6-11-20)38-28(41)23(33)13-9-15-36-32(34)35/h4-8,10-12,14,18-19,23,25-27,37H,3,9,13,15-17,33H2,1-2H3,(H,38,41)(H,39,42)(H,40,43)(H,44,45)(H4,34,35,36). The number of carboxylic acid groups (broad SMARTS) is 1. The van der Waals surface area contributed by atoms with Gasteiger partial charge in [0.1, 0.15) is 18.1 Å². The first-order valence-electron chi connectivity index (χ1n) is 15.0. The van der Waals surface area contributed by atoms with E-state index in [1.165, 1.54) is 0 Å². The molecule has 0 radical (unpaired) electrons. The number of fused-ring (bicyclic) bond motifs is 1. The summed E-state index contributed by atoms with van der Waals surface area (Å²) in [5.41, 5.74) is 19.2. The Morgan fingerprint density at radius 2 is 1.51 bits per heavy atom. The van der Waals surface area contributed by atoms with E-state index >= 15 is 0 Å². The van der Waals surface area contributed by atoms with Crippen molar-refractivity contribution in [1.82, 2.24) is 20.9 Å². The Morgan fingerprint density at radius 3 is 2.18 bits per heavy atom. The molecule has 13 heteroatoms. The maximum atomic E-state index is 13.8. The number of nitrogens with one attached hydrogen (secondary N) is 4. The number of aliphatic carboxylic acids is 1. The molecule has 0 aliphatic carbocycles. The zero-order chi connectivity index (χ0) is 32.9. The Bertz CT molecular complexity index is 1470. The second-order valence-corrected chi connectivity index (χ2v) is 11.1. The number of H-pyrrole nitrogens is 1. The van der Waals surface area contributed by atoms with Crippen LogP contribution in [0, 0.1) is 5.92 Å². The summed E-state index contributed by atoms with van der Waals surface area (Å²) in [6, 6.07) is 12.3. The average Bonchev–Trinajstić information content (AvgIpc) is 3.43. The highest BCUT2D eigenvalue weighted by Crippen LogP contribution is 2.20. The van der Waals surface area contributed by atoms with Crippen molar-refractivity contribution in [1.29, 1.82) is 0 Å².